The maximum absolute atomic E-state index is 14.7. The minimum Gasteiger partial charge on any atom is -0.413 e. The van der Waals surface area contributed by atoms with Crippen LogP contribution in [0.4, 0.5) is 0 Å². The molecule has 1 heterocycles. The summed E-state index contributed by atoms with van der Waals surface area (Å²) >= 11 is 0. The fraction of sp³-hybridized carbons (Fsp3) is 0.310. The van der Waals surface area contributed by atoms with E-state index in [4.69, 9.17) is 9.04 Å². The highest BCUT2D eigenvalue weighted by atomic mass is 31.2. The van der Waals surface area contributed by atoms with Gasteiger partial charge in [-0.05, 0) is 42.6 Å². The molecule has 1 saturated carbocycles. The Morgan fingerprint density at radius 1 is 0.829 bits per heavy atom. The molecule has 182 valence electrons. The van der Waals surface area contributed by atoms with Crippen LogP contribution >= 0.6 is 14.7 Å². The first-order chi connectivity index (χ1) is 17.1. The van der Waals surface area contributed by atoms with Gasteiger partial charge in [0.05, 0.1) is 7.05 Å². The fourth-order valence-electron chi connectivity index (χ4n) is 5.41. The topological polar surface area (TPSA) is 50.7 Å². The van der Waals surface area contributed by atoms with E-state index in [2.05, 4.69) is 60.5 Å². The van der Waals surface area contributed by atoms with Crippen LogP contribution in [-0.2, 0) is 4.57 Å². The highest BCUT2D eigenvalue weighted by molar-refractivity contribution is 7.88. The molecule has 3 aromatic rings. The minimum atomic E-state index is -3.61. The predicted octanol–water partition coefficient (Wildman–Crippen LogP) is 8.22. The van der Waals surface area contributed by atoms with Crippen molar-refractivity contribution in [3.63, 3.8) is 0 Å². The SMILES string of the molecule is CCCC1=C(C2CCCCC2)NP(=O)(Oc2ccccc2)N=P1(c1ccccc1)c1ccccc1. The van der Waals surface area contributed by atoms with Crippen LogP contribution in [-0.4, -0.2) is 0 Å². The van der Waals surface area contributed by atoms with Gasteiger partial charge in [-0.25, -0.2) is 4.57 Å². The zero-order valence-electron chi connectivity index (χ0n) is 20.3. The lowest BCUT2D eigenvalue weighted by Crippen LogP contribution is -2.30. The van der Waals surface area contributed by atoms with Gasteiger partial charge in [0.15, 0.2) is 0 Å². The van der Waals surface area contributed by atoms with Crippen molar-refractivity contribution in [2.45, 2.75) is 51.9 Å². The Hall–Kier alpha value is -2.54. The third-order valence-electron chi connectivity index (χ3n) is 6.95. The standard InChI is InChI=1S/C29H34N2O2P2/c1-2-15-28-29(24-16-7-3-8-17-24)30-35(32,33-25-18-9-4-10-19-25)31-34(28,26-20-11-5-12-21-26)27-22-13-6-14-23-27/h4-6,9-14,18-24H,2-3,7-8,15-17H2,1H3,(H,30,32). The van der Waals surface area contributed by atoms with Gasteiger partial charge >= 0.3 is 7.67 Å². The molecular weight excluding hydrogens is 470 g/mol. The minimum absolute atomic E-state index is 0.361. The van der Waals surface area contributed by atoms with Gasteiger partial charge in [-0.2, -0.15) is 4.52 Å². The molecule has 4 nitrogen and oxygen atoms in total. The monoisotopic (exact) mass is 504 g/mol. The zero-order valence-corrected chi connectivity index (χ0v) is 22.1. The largest absolute Gasteiger partial charge is 0.464 e. The summed E-state index contributed by atoms with van der Waals surface area (Å²) in [4.78, 5) is 0. The molecule has 5 rings (SSSR count). The summed E-state index contributed by atoms with van der Waals surface area (Å²) < 4.78 is 26.2. The highest BCUT2D eigenvalue weighted by Crippen LogP contribution is 2.69. The van der Waals surface area contributed by atoms with E-state index >= 15 is 0 Å². The highest BCUT2D eigenvalue weighted by Gasteiger charge is 2.44. The molecule has 0 radical (unpaired) electrons. The van der Waals surface area contributed by atoms with E-state index in [1.54, 1.807) is 0 Å². The number of rotatable bonds is 7. The number of para-hydroxylation sites is 1. The molecule has 0 saturated heterocycles. The van der Waals surface area contributed by atoms with Gasteiger partial charge in [0.2, 0.25) is 0 Å². The van der Waals surface area contributed by atoms with Crippen molar-refractivity contribution in [3.05, 3.63) is 102 Å². The molecule has 1 aliphatic carbocycles. The van der Waals surface area contributed by atoms with Gasteiger partial charge in [0, 0.05) is 16.3 Å². The second-order valence-electron chi connectivity index (χ2n) is 9.38. The van der Waals surface area contributed by atoms with Crippen LogP contribution in [0.2, 0.25) is 0 Å². The second kappa shape index (κ2) is 10.6. The van der Waals surface area contributed by atoms with Crippen molar-refractivity contribution in [2.24, 2.45) is 10.4 Å². The van der Waals surface area contributed by atoms with Crippen LogP contribution in [0.3, 0.4) is 0 Å². The third-order valence-corrected chi connectivity index (χ3v) is 13.3. The molecular formula is C29H34N2O2P2. The first kappa shape index (κ1) is 24.2. The lowest BCUT2D eigenvalue weighted by molar-refractivity contribution is 0.387. The van der Waals surface area contributed by atoms with Gasteiger partial charge < -0.3 is 4.52 Å². The smallest absolute Gasteiger partial charge is 0.413 e. The number of benzene rings is 3. The van der Waals surface area contributed by atoms with Crippen molar-refractivity contribution in [1.82, 2.24) is 5.09 Å². The van der Waals surface area contributed by atoms with Crippen molar-refractivity contribution in [1.29, 1.82) is 0 Å². The molecule has 35 heavy (non-hydrogen) atoms. The predicted molar refractivity (Wildman–Crippen MR) is 148 cm³/mol. The fourth-order valence-corrected chi connectivity index (χ4v) is 12.8. The molecule has 0 aromatic heterocycles. The molecule has 1 atom stereocenters. The van der Waals surface area contributed by atoms with Crippen molar-refractivity contribution < 1.29 is 9.09 Å². The number of allylic oxidation sites excluding steroid dienone is 2. The van der Waals surface area contributed by atoms with E-state index in [1.807, 2.05) is 42.5 Å². The van der Waals surface area contributed by atoms with E-state index < -0.39 is 14.7 Å². The van der Waals surface area contributed by atoms with Gasteiger partial charge in [-0.1, -0.05) is 111 Å². The normalized spacial score (nSPS) is 22.2. The number of hydrogen-bond acceptors (Lipinski definition) is 2. The molecule has 1 fully saturated rings. The van der Waals surface area contributed by atoms with E-state index in [0.29, 0.717) is 11.7 Å². The van der Waals surface area contributed by atoms with E-state index in [9.17, 15) is 4.57 Å². The lowest BCUT2D eigenvalue weighted by Gasteiger charge is -2.40. The third kappa shape index (κ3) is 4.92. The average Bonchev–Trinajstić information content (AvgIpc) is 2.91. The summed E-state index contributed by atoms with van der Waals surface area (Å²) in [6, 6.07) is 30.5. The van der Waals surface area contributed by atoms with Crippen LogP contribution in [0, 0.1) is 5.92 Å². The first-order valence-electron chi connectivity index (χ1n) is 12.8. The van der Waals surface area contributed by atoms with Crippen molar-refractivity contribution >= 4 is 25.3 Å². The van der Waals surface area contributed by atoms with E-state index in [1.165, 1.54) is 24.6 Å². The Labute approximate surface area is 209 Å². The number of nitrogens with one attached hydrogen (secondary N) is 1. The van der Waals surface area contributed by atoms with Gasteiger partial charge in [-0.15, -0.1) is 0 Å². The van der Waals surface area contributed by atoms with Crippen LogP contribution in [0.5, 0.6) is 5.75 Å². The Morgan fingerprint density at radius 2 is 1.37 bits per heavy atom. The maximum atomic E-state index is 14.7. The molecule has 2 aliphatic rings. The molecule has 3 aromatic carbocycles. The molecule has 1 aliphatic heterocycles. The summed E-state index contributed by atoms with van der Waals surface area (Å²) in [6.07, 6.45) is 7.85. The van der Waals surface area contributed by atoms with E-state index in [-0.39, 0.29) is 0 Å². The molecule has 0 spiro atoms. The van der Waals surface area contributed by atoms with Crippen LogP contribution in [0.25, 0.3) is 0 Å². The summed E-state index contributed by atoms with van der Waals surface area (Å²) in [7, 11) is -6.15. The zero-order chi connectivity index (χ0) is 24.1. The number of nitrogens with zero attached hydrogens (tertiary/aromatic N) is 1. The summed E-state index contributed by atoms with van der Waals surface area (Å²) in [5.74, 6) is 0.938. The Kier molecular flexibility index (Phi) is 7.32. The van der Waals surface area contributed by atoms with Crippen LogP contribution < -0.4 is 20.2 Å². The Bertz CT molecular complexity index is 1220. The van der Waals surface area contributed by atoms with Crippen molar-refractivity contribution in [3.8, 4) is 5.75 Å². The van der Waals surface area contributed by atoms with Crippen molar-refractivity contribution in [2.75, 3.05) is 0 Å². The average molecular weight is 505 g/mol. The Balaban J connectivity index is 1.81. The van der Waals surface area contributed by atoms with Gasteiger partial charge in [0.25, 0.3) is 0 Å². The summed E-state index contributed by atoms with van der Waals surface area (Å²) in [6.45, 7) is 2.23. The Morgan fingerprint density at radius 3 is 1.91 bits per heavy atom. The summed E-state index contributed by atoms with van der Waals surface area (Å²) in [5, 5.41) is 7.07. The molecule has 6 heteroatoms. The number of hydrogen-bond donors (Lipinski definition) is 1. The molecule has 0 bridgehead atoms. The summed E-state index contributed by atoms with van der Waals surface area (Å²) in [5.41, 5.74) is 1.14. The lowest BCUT2D eigenvalue weighted by atomic mass is 9.86. The van der Waals surface area contributed by atoms with Gasteiger partial charge in [0.1, 0.15) is 5.75 Å². The first-order valence-corrected chi connectivity index (χ1v) is 16.1. The van der Waals surface area contributed by atoms with E-state index in [0.717, 1.165) is 42.0 Å². The molecule has 1 unspecified atom stereocenters. The maximum Gasteiger partial charge on any atom is 0.464 e. The quantitative estimate of drug-likeness (QED) is 0.330. The van der Waals surface area contributed by atoms with Crippen LogP contribution in [0.15, 0.2) is 107 Å². The van der Waals surface area contributed by atoms with Crippen LogP contribution in [0.1, 0.15) is 51.9 Å². The molecule has 1 N–H and O–H groups in total. The van der Waals surface area contributed by atoms with Gasteiger partial charge in [-0.3, -0.25) is 5.09 Å². The molecule has 0 amide bonds. The second-order valence-corrected chi connectivity index (χ2v) is 14.4.